The third-order valence-electron chi connectivity index (χ3n) is 15.9. The van der Waals surface area contributed by atoms with Gasteiger partial charge in [-0.3, -0.25) is 37.3 Å². The van der Waals surface area contributed by atoms with Crippen molar-refractivity contribution in [3.63, 3.8) is 0 Å². The molecule has 0 fully saturated rings. The van der Waals surface area contributed by atoms with E-state index in [2.05, 4.69) is 55.4 Å². The van der Waals surface area contributed by atoms with Crippen LogP contribution in [0.4, 0.5) is 0 Å². The molecule has 0 aromatic heterocycles. The van der Waals surface area contributed by atoms with Crippen molar-refractivity contribution in [1.29, 1.82) is 0 Å². The third kappa shape index (κ3) is 61.3. The van der Waals surface area contributed by atoms with Gasteiger partial charge in [0.05, 0.1) is 26.4 Å². The van der Waals surface area contributed by atoms with E-state index in [1.54, 1.807) is 0 Å². The molecule has 0 saturated carbocycles. The molecule has 0 bridgehead atoms. The fourth-order valence-corrected chi connectivity index (χ4v) is 11.7. The summed E-state index contributed by atoms with van der Waals surface area (Å²) in [5.74, 6) is 0.786. The second kappa shape index (κ2) is 57.9. The lowest BCUT2D eigenvalue weighted by atomic mass is 9.99. The number of carbonyl (C=O) groups is 4. The topological polar surface area (TPSA) is 237 Å². The molecule has 0 amide bonds. The molecule has 0 rings (SSSR count). The molecule has 3 N–H and O–H groups in total. The highest BCUT2D eigenvalue weighted by atomic mass is 31.2. The Kier molecular flexibility index (Phi) is 56.6. The molecular formula is C68H132O17P2. The number of unbranched alkanes of at least 4 members (excludes halogenated alkanes) is 30. The number of hydrogen-bond acceptors (Lipinski definition) is 15. The standard InChI is InChI=1S/C68H132O17P2/c1-9-61(8)47-39-31-21-18-19-23-35-43-51-68(73)85-64(55-79-66(71)49-41-33-27-25-30-38-46-60(6)7)57-83-87(76,77)81-53-62(69)52-80-86(74,75)82-56-63(54-78-65(70)48-40-32-26-24-29-37-45-59(4)5)84-67(72)50-42-34-22-17-15-13-11-10-12-14-16-20-28-36-44-58(2)3/h58-64,69H,9-57H2,1-8H3,(H,74,75)(H,76,77)/t61?,62-,63+,64+/m0/s1. The van der Waals surface area contributed by atoms with E-state index in [1.165, 1.54) is 122 Å². The van der Waals surface area contributed by atoms with Gasteiger partial charge in [0, 0.05) is 25.7 Å². The molecule has 87 heavy (non-hydrogen) atoms. The van der Waals surface area contributed by atoms with Crippen molar-refractivity contribution < 1.29 is 80.2 Å². The first-order valence-electron chi connectivity index (χ1n) is 35.2. The number of rotatable bonds is 65. The maximum Gasteiger partial charge on any atom is 0.472 e. The zero-order valence-electron chi connectivity index (χ0n) is 56.6. The predicted octanol–water partition coefficient (Wildman–Crippen LogP) is 18.9. The first kappa shape index (κ1) is 85.1. The monoisotopic (exact) mass is 1280 g/mol. The first-order valence-corrected chi connectivity index (χ1v) is 38.2. The average molecular weight is 1280 g/mol. The van der Waals surface area contributed by atoms with Crippen LogP contribution >= 0.6 is 15.6 Å². The van der Waals surface area contributed by atoms with Crippen molar-refractivity contribution >= 4 is 39.5 Å². The quantitative estimate of drug-likeness (QED) is 0.0222. The van der Waals surface area contributed by atoms with Gasteiger partial charge < -0.3 is 33.8 Å². The molecule has 0 spiro atoms. The van der Waals surface area contributed by atoms with E-state index in [-0.39, 0.29) is 25.7 Å². The van der Waals surface area contributed by atoms with Gasteiger partial charge in [-0.05, 0) is 49.4 Å². The Morgan fingerprint density at radius 2 is 0.552 bits per heavy atom. The molecule has 0 radical (unpaired) electrons. The molecular weight excluding hydrogens is 1150 g/mol. The molecule has 17 nitrogen and oxygen atoms in total. The van der Waals surface area contributed by atoms with Gasteiger partial charge in [-0.2, -0.15) is 0 Å². The Bertz CT molecular complexity index is 1730. The summed E-state index contributed by atoms with van der Waals surface area (Å²) in [7, 11) is -9.90. The summed E-state index contributed by atoms with van der Waals surface area (Å²) in [6, 6.07) is 0. The number of hydrogen-bond donors (Lipinski definition) is 3. The van der Waals surface area contributed by atoms with Crippen molar-refractivity contribution in [3.05, 3.63) is 0 Å². The lowest BCUT2D eigenvalue weighted by molar-refractivity contribution is -0.161. The highest BCUT2D eigenvalue weighted by molar-refractivity contribution is 7.47. The van der Waals surface area contributed by atoms with E-state index in [0.29, 0.717) is 37.5 Å². The maximum absolute atomic E-state index is 13.0. The minimum Gasteiger partial charge on any atom is -0.462 e. The highest BCUT2D eigenvalue weighted by Crippen LogP contribution is 2.45. The van der Waals surface area contributed by atoms with E-state index in [0.717, 1.165) is 115 Å². The lowest BCUT2D eigenvalue weighted by Crippen LogP contribution is -2.30. The molecule has 0 aromatic rings. The lowest BCUT2D eigenvalue weighted by Gasteiger charge is -2.21. The molecule has 6 atom stereocenters. The fourth-order valence-electron chi connectivity index (χ4n) is 10.1. The van der Waals surface area contributed by atoms with Crippen molar-refractivity contribution in [2.75, 3.05) is 39.6 Å². The second-order valence-corrected chi connectivity index (χ2v) is 29.1. The van der Waals surface area contributed by atoms with E-state index < -0.39 is 97.5 Å². The zero-order chi connectivity index (χ0) is 64.7. The molecule has 0 aromatic carbocycles. The Labute approximate surface area is 530 Å². The summed E-state index contributed by atoms with van der Waals surface area (Å²) in [5, 5.41) is 10.6. The minimum absolute atomic E-state index is 0.103. The van der Waals surface area contributed by atoms with Gasteiger partial charge >= 0.3 is 39.5 Å². The van der Waals surface area contributed by atoms with Crippen LogP contribution in [0.2, 0.25) is 0 Å². The van der Waals surface area contributed by atoms with Gasteiger partial charge in [0.2, 0.25) is 0 Å². The molecule has 0 heterocycles. The van der Waals surface area contributed by atoms with Gasteiger partial charge in [0.1, 0.15) is 19.3 Å². The minimum atomic E-state index is -4.95. The van der Waals surface area contributed by atoms with Crippen molar-refractivity contribution in [2.45, 2.75) is 350 Å². The van der Waals surface area contributed by atoms with Crippen LogP contribution in [0.15, 0.2) is 0 Å². The smallest absolute Gasteiger partial charge is 0.462 e. The molecule has 0 aliphatic carbocycles. The Balaban J connectivity index is 5.21. The number of phosphoric acid groups is 2. The number of esters is 4. The van der Waals surface area contributed by atoms with E-state index in [9.17, 15) is 43.2 Å². The van der Waals surface area contributed by atoms with Crippen molar-refractivity contribution in [3.8, 4) is 0 Å². The first-order chi connectivity index (χ1) is 41.6. The average Bonchev–Trinajstić information content (AvgIpc) is 3.69. The normalized spacial score (nSPS) is 14.6. The van der Waals surface area contributed by atoms with Gasteiger partial charge in [-0.15, -0.1) is 0 Å². The fraction of sp³-hybridized carbons (Fsp3) is 0.941. The Hall–Kier alpha value is -1.94. The number of carbonyl (C=O) groups excluding carboxylic acids is 4. The SMILES string of the molecule is CCC(C)CCCCCCCCCCC(=O)O[C@H](COC(=O)CCCCCCCCC(C)C)COP(=O)(O)OC[C@@H](O)COP(=O)(O)OC[C@@H](COC(=O)CCCCCCCCC(C)C)OC(=O)CCCCCCCCCCCCCCCCC(C)C. The summed E-state index contributed by atoms with van der Waals surface area (Å²) in [5.41, 5.74) is 0. The van der Waals surface area contributed by atoms with Crippen LogP contribution in [0.3, 0.4) is 0 Å². The number of aliphatic hydroxyl groups is 1. The summed E-state index contributed by atoms with van der Waals surface area (Å²) in [6.07, 6.45) is 39.2. The summed E-state index contributed by atoms with van der Waals surface area (Å²) in [6.45, 7) is 14.0. The highest BCUT2D eigenvalue weighted by Gasteiger charge is 2.30. The van der Waals surface area contributed by atoms with Crippen LogP contribution in [0.5, 0.6) is 0 Å². The maximum atomic E-state index is 13.0. The van der Waals surface area contributed by atoms with E-state index in [1.807, 2.05) is 0 Å². The van der Waals surface area contributed by atoms with Crippen molar-refractivity contribution in [1.82, 2.24) is 0 Å². The third-order valence-corrected chi connectivity index (χ3v) is 17.8. The molecule has 3 unspecified atom stereocenters. The number of ether oxygens (including phenoxy) is 4. The van der Waals surface area contributed by atoms with Crippen molar-refractivity contribution in [2.24, 2.45) is 23.7 Å². The van der Waals surface area contributed by atoms with E-state index in [4.69, 9.17) is 37.0 Å². The zero-order valence-corrected chi connectivity index (χ0v) is 58.4. The largest absolute Gasteiger partial charge is 0.472 e. The molecule has 0 aliphatic heterocycles. The Morgan fingerprint density at radius 3 is 0.816 bits per heavy atom. The number of phosphoric ester groups is 2. The van der Waals surface area contributed by atoms with Crippen LogP contribution < -0.4 is 0 Å². The molecule has 0 aliphatic rings. The van der Waals surface area contributed by atoms with E-state index >= 15 is 0 Å². The summed E-state index contributed by atoms with van der Waals surface area (Å²) in [4.78, 5) is 72.3. The van der Waals surface area contributed by atoms with Crippen LogP contribution in [-0.2, 0) is 65.4 Å². The predicted molar refractivity (Wildman–Crippen MR) is 349 cm³/mol. The van der Waals surface area contributed by atoms with Crippen LogP contribution in [0.1, 0.15) is 331 Å². The summed E-state index contributed by atoms with van der Waals surface area (Å²) >= 11 is 0. The van der Waals surface area contributed by atoms with Crippen LogP contribution in [0.25, 0.3) is 0 Å². The van der Waals surface area contributed by atoms with Crippen LogP contribution in [0, 0.1) is 23.7 Å². The number of aliphatic hydroxyl groups excluding tert-OH is 1. The molecule has 0 saturated heterocycles. The van der Waals surface area contributed by atoms with Gasteiger partial charge in [-0.1, -0.05) is 280 Å². The van der Waals surface area contributed by atoms with Gasteiger partial charge in [0.25, 0.3) is 0 Å². The Morgan fingerprint density at radius 1 is 0.322 bits per heavy atom. The van der Waals surface area contributed by atoms with Gasteiger partial charge in [0.15, 0.2) is 12.2 Å². The second-order valence-electron chi connectivity index (χ2n) is 26.2. The molecule has 516 valence electrons. The summed E-state index contributed by atoms with van der Waals surface area (Å²) < 4.78 is 68.1. The van der Waals surface area contributed by atoms with Crippen LogP contribution in [-0.4, -0.2) is 96.7 Å². The molecule has 19 heteroatoms. The van der Waals surface area contributed by atoms with Gasteiger partial charge in [-0.25, -0.2) is 9.13 Å².